The number of hydrogen-bond acceptors (Lipinski definition) is 2. The van der Waals surface area contributed by atoms with Gasteiger partial charge >= 0.3 is 0 Å². The number of likely N-dealkylation sites (tertiary alicyclic amines) is 1. The molecule has 1 fully saturated rings. The Morgan fingerprint density at radius 1 is 1.03 bits per heavy atom. The third-order valence-electron chi connectivity index (χ3n) is 6.84. The third kappa shape index (κ3) is 7.09. The van der Waals surface area contributed by atoms with Gasteiger partial charge in [0.2, 0.25) is 0 Å². The molecule has 1 N–H and O–H groups in total. The highest BCUT2D eigenvalue weighted by Crippen LogP contribution is 2.23. The van der Waals surface area contributed by atoms with Crippen LogP contribution in [0, 0.1) is 20.8 Å². The van der Waals surface area contributed by atoms with E-state index in [1.165, 1.54) is 53.9 Å². The van der Waals surface area contributed by atoms with Crippen LogP contribution in [0.2, 0.25) is 5.02 Å². The molecular weight excluding hydrogens is 472 g/mol. The Morgan fingerprint density at radius 2 is 1.71 bits per heavy atom. The van der Waals surface area contributed by atoms with Crippen LogP contribution < -0.4 is 5.32 Å². The zero-order chi connectivity index (χ0) is 24.8. The van der Waals surface area contributed by atoms with Crippen LogP contribution >= 0.6 is 23.8 Å². The Morgan fingerprint density at radius 3 is 2.40 bits per heavy atom. The lowest BCUT2D eigenvalue weighted by molar-refractivity contribution is 0.304. The number of hydrogen-bond donors (Lipinski definition) is 1. The van der Waals surface area contributed by atoms with Crippen LogP contribution in [0.4, 0.5) is 5.69 Å². The summed E-state index contributed by atoms with van der Waals surface area (Å²) < 4.78 is 2.31. The van der Waals surface area contributed by atoms with E-state index < -0.39 is 0 Å². The van der Waals surface area contributed by atoms with E-state index in [9.17, 15) is 0 Å². The number of rotatable bonds is 9. The molecule has 0 aliphatic carbocycles. The van der Waals surface area contributed by atoms with Gasteiger partial charge in [-0.25, -0.2) is 0 Å². The molecule has 4 nitrogen and oxygen atoms in total. The summed E-state index contributed by atoms with van der Waals surface area (Å²) in [7, 11) is 0. The summed E-state index contributed by atoms with van der Waals surface area (Å²) in [4.78, 5) is 4.91. The van der Waals surface area contributed by atoms with Crippen molar-refractivity contribution < 1.29 is 0 Å². The molecule has 0 saturated carbocycles. The van der Waals surface area contributed by atoms with Crippen molar-refractivity contribution in [3.05, 3.63) is 87.7 Å². The zero-order valence-corrected chi connectivity index (χ0v) is 22.8. The molecule has 0 bridgehead atoms. The van der Waals surface area contributed by atoms with Gasteiger partial charge in [0.15, 0.2) is 5.11 Å². The molecule has 1 aromatic heterocycles. The average molecular weight is 509 g/mol. The van der Waals surface area contributed by atoms with Gasteiger partial charge in [-0.3, -0.25) is 0 Å². The maximum absolute atomic E-state index is 6.08. The molecule has 35 heavy (non-hydrogen) atoms. The minimum atomic E-state index is 0.767. The van der Waals surface area contributed by atoms with Gasteiger partial charge in [-0.2, -0.15) is 0 Å². The smallest absolute Gasteiger partial charge is 0.173 e. The highest BCUT2D eigenvalue weighted by Gasteiger charge is 2.17. The van der Waals surface area contributed by atoms with Crippen LogP contribution in [0.25, 0.3) is 0 Å². The molecule has 2 heterocycles. The predicted octanol–water partition coefficient (Wildman–Crippen LogP) is 6.80. The van der Waals surface area contributed by atoms with E-state index in [0.717, 1.165) is 48.4 Å². The normalized spacial score (nSPS) is 13.8. The van der Waals surface area contributed by atoms with Gasteiger partial charge in [0.05, 0.1) is 6.54 Å². The van der Waals surface area contributed by atoms with Gasteiger partial charge in [0.25, 0.3) is 0 Å². The second-order valence-electron chi connectivity index (χ2n) is 9.78. The van der Waals surface area contributed by atoms with Gasteiger partial charge in [-0.05, 0) is 113 Å². The van der Waals surface area contributed by atoms with Crippen molar-refractivity contribution in [2.45, 2.75) is 53.1 Å². The zero-order valence-electron chi connectivity index (χ0n) is 21.2. The summed E-state index contributed by atoms with van der Waals surface area (Å²) in [6, 6.07) is 16.8. The Labute approximate surface area is 220 Å². The summed E-state index contributed by atoms with van der Waals surface area (Å²) in [6.45, 7) is 12.6. The highest BCUT2D eigenvalue weighted by atomic mass is 35.5. The number of nitrogens with one attached hydrogen (secondary N) is 1. The maximum Gasteiger partial charge on any atom is 0.173 e. The Balaban J connectivity index is 1.49. The summed E-state index contributed by atoms with van der Waals surface area (Å²) >= 11 is 12.1. The molecule has 186 valence electrons. The molecule has 6 heteroatoms. The number of aryl methyl sites for hydroxylation is 3. The van der Waals surface area contributed by atoms with Crippen LogP contribution in [0.15, 0.2) is 54.7 Å². The van der Waals surface area contributed by atoms with Crippen molar-refractivity contribution >= 4 is 34.6 Å². The maximum atomic E-state index is 6.08. The summed E-state index contributed by atoms with van der Waals surface area (Å²) in [5.41, 5.74) is 7.35. The van der Waals surface area contributed by atoms with Crippen LogP contribution in [0.5, 0.6) is 0 Å². The van der Waals surface area contributed by atoms with E-state index in [2.05, 4.69) is 83.0 Å². The van der Waals surface area contributed by atoms with Crippen molar-refractivity contribution in [2.75, 3.05) is 31.5 Å². The molecule has 0 radical (unpaired) electrons. The van der Waals surface area contributed by atoms with Crippen LogP contribution in [0.3, 0.4) is 0 Å². The lowest BCUT2D eigenvalue weighted by Crippen LogP contribution is -2.37. The van der Waals surface area contributed by atoms with Crippen LogP contribution in [0.1, 0.15) is 47.2 Å². The fraction of sp³-hybridized carbons (Fsp3) is 0.414. The predicted molar refractivity (Wildman–Crippen MR) is 153 cm³/mol. The first kappa shape index (κ1) is 25.7. The summed E-state index contributed by atoms with van der Waals surface area (Å²) in [5, 5.41) is 5.15. The van der Waals surface area contributed by atoms with E-state index in [0.29, 0.717) is 0 Å². The van der Waals surface area contributed by atoms with Crippen molar-refractivity contribution in [2.24, 2.45) is 0 Å². The molecule has 3 aromatic rings. The number of benzene rings is 2. The van der Waals surface area contributed by atoms with Crippen molar-refractivity contribution in [3.63, 3.8) is 0 Å². The number of anilines is 1. The van der Waals surface area contributed by atoms with E-state index in [1.54, 1.807) is 0 Å². The molecule has 2 aromatic carbocycles. The fourth-order valence-electron chi connectivity index (χ4n) is 5.04. The molecule has 1 aliphatic rings. The largest absolute Gasteiger partial charge is 0.345 e. The fourth-order valence-corrected chi connectivity index (χ4v) is 5.42. The number of halogens is 1. The van der Waals surface area contributed by atoms with Gasteiger partial charge in [0, 0.05) is 35.7 Å². The van der Waals surface area contributed by atoms with Gasteiger partial charge in [-0.15, -0.1) is 0 Å². The summed E-state index contributed by atoms with van der Waals surface area (Å²) in [5.74, 6) is 0. The van der Waals surface area contributed by atoms with E-state index in [1.807, 2.05) is 12.1 Å². The highest BCUT2D eigenvalue weighted by molar-refractivity contribution is 7.80. The van der Waals surface area contributed by atoms with Crippen LogP contribution in [-0.4, -0.2) is 45.7 Å². The van der Waals surface area contributed by atoms with Crippen molar-refractivity contribution in [3.8, 4) is 0 Å². The van der Waals surface area contributed by atoms with Gasteiger partial charge in [-0.1, -0.05) is 41.4 Å². The molecule has 0 amide bonds. The first-order chi connectivity index (χ1) is 16.9. The summed E-state index contributed by atoms with van der Waals surface area (Å²) in [6.07, 6.45) is 5.91. The van der Waals surface area contributed by atoms with E-state index in [-0.39, 0.29) is 0 Å². The Kier molecular flexibility index (Phi) is 8.88. The topological polar surface area (TPSA) is 23.4 Å². The van der Waals surface area contributed by atoms with Crippen molar-refractivity contribution in [1.29, 1.82) is 0 Å². The second-order valence-corrected chi connectivity index (χ2v) is 10.6. The lowest BCUT2D eigenvalue weighted by atomic mass is 10.1. The molecule has 4 rings (SSSR count). The molecule has 1 aliphatic heterocycles. The number of thiocarbonyl (C=S) groups is 1. The van der Waals surface area contributed by atoms with Crippen molar-refractivity contribution in [1.82, 2.24) is 14.4 Å². The average Bonchev–Trinajstić information content (AvgIpc) is 3.49. The molecule has 0 unspecified atom stereocenters. The lowest BCUT2D eigenvalue weighted by Gasteiger charge is -2.28. The third-order valence-corrected chi connectivity index (χ3v) is 7.45. The molecule has 1 saturated heterocycles. The first-order valence-electron chi connectivity index (χ1n) is 12.6. The number of nitrogens with zero attached hydrogens (tertiary/aromatic N) is 3. The molecule has 0 atom stereocenters. The Bertz CT molecular complexity index is 1110. The quantitative estimate of drug-likeness (QED) is 0.321. The second kappa shape index (κ2) is 12.1. The molecular formula is C29H37ClN4S. The van der Waals surface area contributed by atoms with Gasteiger partial charge in [0.1, 0.15) is 0 Å². The van der Waals surface area contributed by atoms with E-state index >= 15 is 0 Å². The van der Waals surface area contributed by atoms with Crippen LogP contribution in [-0.2, 0) is 13.1 Å². The van der Waals surface area contributed by atoms with E-state index in [4.69, 9.17) is 23.8 Å². The molecule has 0 spiro atoms. The SMILES string of the molecule is Cc1cc(C)c(NC(=S)N(CCCN2CCCC2)Cc2cccn2Cc2ccc(Cl)cc2)c(C)c1. The standard InChI is InChI=1S/C29H37ClN4S/c1-22-18-23(2)28(24(3)19-22)31-29(35)34(17-7-15-32-13-4-5-14-32)21-27-8-6-16-33(27)20-25-9-11-26(30)12-10-25/h6,8-12,16,18-19H,4-5,7,13-15,17,20-21H2,1-3H3,(H,31,35). The minimum Gasteiger partial charge on any atom is -0.345 e. The number of aromatic nitrogens is 1. The Hall–Kier alpha value is -2.34. The monoisotopic (exact) mass is 508 g/mol. The first-order valence-corrected chi connectivity index (χ1v) is 13.4. The van der Waals surface area contributed by atoms with Gasteiger partial charge < -0.3 is 19.7 Å². The minimum absolute atomic E-state index is 0.767.